The predicted molar refractivity (Wildman–Crippen MR) is 78.5 cm³/mol. The van der Waals surface area contributed by atoms with Crippen molar-refractivity contribution in [2.24, 2.45) is 0 Å². The lowest BCUT2D eigenvalue weighted by Gasteiger charge is -2.20. The number of allylic oxidation sites excluding steroid dienone is 1. The fraction of sp³-hybridized carbons (Fsp3) is 0.857. The van der Waals surface area contributed by atoms with Gasteiger partial charge < -0.3 is 13.3 Å². The molecule has 3 nitrogen and oxygen atoms in total. The van der Waals surface area contributed by atoms with E-state index in [2.05, 4.69) is 13.0 Å². The first-order valence-corrected chi connectivity index (χ1v) is 8.88. The van der Waals surface area contributed by atoms with Crippen LogP contribution in [-0.2, 0) is 13.3 Å². The number of unbranched alkanes of at least 4 members (excludes halogenated alkanes) is 7. The molecule has 0 aromatic carbocycles. The summed E-state index contributed by atoms with van der Waals surface area (Å²) in [7, 11) is 2.42. The monoisotopic (exact) mass is 274 g/mol. The molecule has 0 saturated heterocycles. The van der Waals surface area contributed by atoms with Gasteiger partial charge in [-0.25, -0.2) is 0 Å². The average Bonchev–Trinajstić information content (AvgIpc) is 2.42. The molecule has 0 spiro atoms. The quantitative estimate of drug-likeness (QED) is 0.396. The van der Waals surface area contributed by atoms with Gasteiger partial charge in [-0.3, -0.25) is 0 Å². The SMILES string of the molecule is CCCCCCCCCC=C[Si](OC)(OC)OC. The molecule has 0 aliphatic rings. The first-order chi connectivity index (χ1) is 8.74. The third-order valence-corrected chi connectivity index (χ3v) is 5.50. The summed E-state index contributed by atoms with van der Waals surface area (Å²) in [6.07, 6.45) is 12.6. The van der Waals surface area contributed by atoms with Crippen molar-refractivity contribution < 1.29 is 13.3 Å². The molecule has 0 aliphatic heterocycles. The summed E-state index contributed by atoms with van der Waals surface area (Å²) in [6, 6.07) is 0. The zero-order chi connectivity index (χ0) is 13.7. The first-order valence-electron chi connectivity index (χ1n) is 7.07. The van der Waals surface area contributed by atoms with Gasteiger partial charge >= 0.3 is 8.80 Å². The lowest BCUT2D eigenvalue weighted by molar-refractivity contribution is 0.138. The highest BCUT2D eigenvalue weighted by atomic mass is 28.4. The van der Waals surface area contributed by atoms with Crippen molar-refractivity contribution in [2.45, 2.75) is 58.3 Å². The third kappa shape index (κ3) is 8.03. The van der Waals surface area contributed by atoms with Crippen molar-refractivity contribution in [1.29, 1.82) is 0 Å². The van der Waals surface area contributed by atoms with Crippen molar-refractivity contribution >= 4 is 8.80 Å². The smallest absolute Gasteiger partial charge is 0.374 e. The lowest BCUT2D eigenvalue weighted by Crippen LogP contribution is -2.40. The number of hydrogen-bond donors (Lipinski definition) is 0. The van der Waals surface area contributed by atoms with E-state index in [0.717, 1.165) is 6.42 Å². The fourth-order valence-electron chi connectivity index (χ4n) is 1.90. The number of rotatable bonds is 12. The molecule has 4 heteroatoms. The van der Waals surface area contributed by atoms with Gasteiger partial charge in [0.25, 0.3) is 0 Å². The normalized spacial score (nSPS) is 12.4. The van der Waals surface area contributed by atoms with Crippen LogP contribution in [0.4, 0.5) is 0 Å². The zero-order valence-corrected chi connectivity index (χ0v) is 13.5. The highest BCUT2D eigenvalue weighted by Crippen LogP contribution is 2.11. The molecule has 18 heavy (non-hydrogen) atoms. The van der Waals surface area contributed by atoms with Crippen LogP contribution in [0.15, 0.2) is 11.8 Å². The molecule has 0 aromatic rings. The Hall–Kier alpha value is -0.163. The Labute approximate surface area is 114 Å². The molecule has 0 aliphatic carbocycles. The summed E-state index contributed by atoms with van der Waals surface area (Å²) in [5, 5.41) is 0. The van der Waals surface area contributed by atoms with E-state index in [1.807, 2.05) is 5.70 Å². The van der Waals surface area contributed by atoms with Gasteiger partial charge in [0.15, 0.2) is 0 Å². The first kappa shape index (κ1) is 17.8. The maximum absolute atomic E-state index is 5.32. The van der Waals surface area contributed by atoms with E-state index >= 15 is 0 Å². The van der Waals surface area contributed by atoms with Crippen LogP contribution in [0.1, 0.15) is 58.3 Å². The lowest BCUT2D eigenvalue weighted by atomic mass is 10.1. The van der Waals surface area contributed by atoms with E-state index in [1.165, 1.54) is 44.9 Å². The minimum absolute atomic E-state index is 1.08. The van der Waals surface area contributed by atoms with E-state index < -0.39 is 8.80 Å². The van der Waals surface area contributed by atoms with Crippen LogP contribution < -0.4 is 0 Å². The molecule has 0 unspecified atom stereocenters. The molecule has 0 atom stereocenters. The van der Waals surface area contributed by atoms with Gasteiger partial charge in [-0.15, -0.1) is 0 Å². The predicted octanol–water partition coefficient (Wildman–Crippen LogP) is 4.10. The Morgan fingerprint density at radius 3 is 1.78 bits per heavy atom. The summed E-state index contributed by atoms with van der Waals surface area (Å²) in [5.74, 6) is 0. The Kier molecular flexibility index (Phi) is 11.8. The van der Waals surface area contributed by atoms with Crippen LogP contribution in [-0.4, -0.2) is 30.1 Å². The summed E-state index contributed by atoms with van der Waals surface area (Å²) in [5.41, 5.74) is 1.98. The van der Waals surface area contributed by atoms with Crippen LogP contribution in [0.25, 0.3) is 0 Å². The van der Waals surface area contributed by atoms with Gasteiger partial charge in [0.05, 0.1) is 0 Å². The topological polar surface area (TPSA) is 27.7 Å². The molecule has 0 radical (unpaired) electrons. The fourth-order valence-corrected chi connectivity index (χ4v) is 3.26. The van der Waals surface area contributed by atoms with E-state index in [9.17, 15) is 0 Å². The zero-order valence-electron chi connectivity index (χ0n) is 12.5. The van der Waals surface area contributed by atoms with Crippen LogP contribution in [0.5, 0.6) is 0 Å². The minimum Gasteiger partial charge on any atom is -0.374 e. The van der Waals surface area contributed by atoms with Crippen molar-refractivity contribution in [1.82, 2.24) is 0 Å². The molecule has 0 aromatic heterocycles. The summed E-state index contributed by atoms with van der Waals surface area (Å²) in [4.78, 5) is 0. The van der Waals surface area contributed by atoms with Crippen LogP contribution in [0.3, 0.4) is 0 Å². The Balaban J connectivity index is 3.58. The second kappa shape index (κ2) is 11.9. The van der Waals surface area contributed by atoms with E-state index in [-0.39, 0.29) is 0 Å². The maximum atomic E-state index is 5.32. The molecular formula is C14H30O3Si. The average molecular weight is 274 g/mol. The second-order valence-electron chi connectivity index (χ2n) is 4.53. The van der Waals surface area contributed by atoms with Gasteiger partial charge in [0, 0.05) is 21.3 Å². The van der Waals surface area contributed by atoms with Crippen LogP contribution >= 0.6 is 0 Å². The minimum atomic E-state index is -2.48. The van der Waals surface area contributed by atoms with Crippen molar-refractivity contribution in [3.63, 3.8) is 0 Å². The molecule has 0 heterocycles. The second-order valence-corrected chi connectivity index (χ2v) is 7.29. The summed E-state index contributed by atoms with van der Waals surface area (Å²) >= 11 is 0. The van der Waals surface area contributed by atoms with Gasteiger partial charge in [0.2, 0.25) is 0 Å². The van der Waals surface area contributed by atoms with Crippen molar-refractivity contribution in [3.05, 3.63) is 11.8 Å². The van der Waals surface area contributed by atoms with E-state index in [4.69, 9.17) is 13.3 Å². The standard InChI is InChI=1S/C14H30O3Si/c1-5-6-7-8-9-10-11-12-13-14-18(15-2,16-3)17-4/h13-14H,5-12H2,1-4H3. The van der Waals surface area contributed by atoms with Crippen molar-refractivity contribution in [3.8, 4) is 0 Å². The Bertz CT molecular complexity index is 195. The summed E-state index contributed by atoms with van der Waals surface area (Å²) < 4.78 is 15.9. The number of hydrogen-bond acceptors (Lipinski definition) is 3. The highest BCUT2D eigenvalue weighted by molar-refractivity contribution is 6.66. The van der Waals surface area contributed by atoms with Gasteiger partial charge in [-0.05, 0) is 18.5 Å². The van der Waals surface area contributed by atoms with E-state index in [1.54, 1.807) is 21.3 Å². The van der Waals surface area contributed by atoms with Gasteiger partial charge in [0.1, 0.15) is 0 Å². The van der Waals surface area contributed by atoms with E-state index in [0.29, 0.717) is 0 Å². The molecule has 0 rings (SSSR count). The Morgan fingerprint density at radius 1 is 0.778 bits per heavy atom. The highest BCUT2D eigenvalue weighted by Gasteiger charge is 2.33. The molecular weight excluding hydrogens is 244 g/mol. The van der Waals surface area contributed by atoms with Gasteiger partial charge in [-0.2, -0.15) is 0 Å². The molecule has 0 bridgehead atoms. The largest absolute Gasteiger partial charge is 0.528 e. The molecule has 108 valence electrons. The van der Waals surface area contributed by atoms with Crippen LogP contribution in [0, 0.1) is 0 Å². The molecule has 0 fully saturated rings. The molecule has 0 amide bonds. The van der Waals surface area contributed by atoms with Gasteiger partial charge in [-0.1, -0.05) is 51.5 Å². The molecule has 0 N–H and O–H groups in total. The maximum Gasteiger partial charge on any atom is 0.528 e. The Morgan fingerprint density at radius 2 is 1.28 bits per heavy atom. The van der Waals surface area contributed by atoms with Crippen molar-refractivity contribution in [2.75, 3.05) is 21.3 Å². The summed E-state index contributed by atoms with van der Waals surface area (Å²) in [6.45, 7) is 2.25. The third-order valence-electron chi connectivity index (χ3n) is 3.15. The van der Waals surface area contributed by atoms with Crippen LogP contribution in [0.2, 0.25) is 0 Å². The molecule has 0 saturated carbocycles.